The molecule has 0 bridgehead atoms. The monoisotopic (exact) mass is 367 g/mol. The zero-order valence-corrected chi connectivity index (χ0v) is 15.9. The molecule has 0 aliphatic carbocycles. The molecule has 0 saturated heterocycles. The summed E-state index contributed by atoms with van der Waals surface area (Å²) in [6, 6.07) is 9.61. The maximum absolute atomic E-state index is 12.1. The Morgan fingerprint density at radius 2 is 2.00 bits per heavy atom. The van der Waals surface area contributed by atoms with E-state index in [0.29, 0.717) is 11.6 Å². The molecule has 0 saturated carbocycles. The van der Waals surface area contributed by atoms with Gasteiger partial charge >= 0.3 is 6.09 Å². The Morgan fingerprint density at radius 3 is 2.56 bits per heavy atom. The van der Waals surface area contributed by atoms with E-state index in [1.807, 2.05) is 49.4 Å². The molecule has 5 nitrogen and oxygen atoms in total. The number of benzene rings is 1. The second-order valence-corrected chi connectivity index (χ2v) is 6.00. The zero-order chi connectivity index (χ0) is 18.7. The summed E-state index contributed by atoms with van der Waals surface area (Å²) in [5.41, 5.74) is 1.73. The van der Waals surface area contributed by atoms with Crippen LogP contribution in [-0.4, -0.2) is 32.2 Å². The van der Waals surface area contributed by atoms with Crippen LogP contribution in [0.25, 0.3) is 0 Å². The molecule has 1 N–H and O–H groups in total. The Balaban J connectivity index is 2.71. The van der Waals surface area contributed by atoms with Gasteiger partial charge in [-0.05, 0) is 31.9 Å². The van der Waals surface area contributed by atoms with Gasteiger partial charge in [-0.25, -0.2) is 4.79 Å². The molecule has 1 rings (SSSR count). The average Bonchev–Trinajstić information content (AvgIpc) is 2.60. The van der Waals surface area contributed by atoms with E-state index in [1.54, 1.807) is 13.8 Å². The van der Waals surface area contributed by atoms with Crippen LogP contribution in [0.4, 0.5) is 4.79 Å². The molecule has 25 heavy (non-hydrogen) atoms. The third-order valence-corrected chi connectivity index (χ3v) is 3.63. The van der Waals surface area contributed by atoms with E-state index in [0.717, 1.165) is 11.1 Å². The van der Waals surface area contributed by atoms with Crippen LogP contribution in [0.15, 0.2) is 53.1 Å². The molecule has 1 aromatic rings. The third kappa shape index (κ3) is 7.73. The van der Waals surface area contributed by atoms with Crippen molar-refractivity contribution in [2.75, 3.05) is 13.9 Å². The van der Waals surface area contributed by atoms with Crippen LogP contribution < -0.4 is 5.32 Å². The molecule has 138 valence electrons. The average molecular weight is 368 g/mol. The zero-order valence-electron chi connectivity index (χ0n) is 15.1. The van der Waals surface area contributed by atoms with Crippen molar-refractivity contribution in [3.05, 3.63) is 58.7 Å². The minimum absolute atomic E-state index is 0.0647. The van der Waals surface area contributed by atoms with E-state index in [9.17, 15) is 4.79 Å². The Hall–Kier alpha value is -1.82. The predicted molar refractivity (Wildman–Crippen MR) is 99.3 cm³/mol. The van der Waals surface area contributed by atoms with E-state index >= 15 is 0 Å². The number of carbonyl (C=O) groups is 1. The Kier molecular flexibility index (Phi) is 9.92. The lowest BCUT2D eigenvalue weighted by Crippen LogP contribution is -2.36. The number of ether oxygens (including phenoxy) is 3. The highest BCUT2D eigenvalue weighted by molar-refractivity contribution is 6.29. The van der Waals surface area contributed by atoms with E-state index < -0.39 is 18.3 Å². The molecule has 0 aliphatic heterocycles. The van der Waals surface area contributed by atoms with Gasteiger partial charge in [-0.2, -0.15) is 0 Å². The summed E-state index contributed by atoms with van der Waals surface area (Å²) in [6.07, 6.45) is 2.09. The van der Waals surface area contributed by atoms with Crippen molar-refractivity contribution < 1.29 is 19.0 Å². The topological polar surface area (TPSA) is 56.8 Å². The maximum atomic E-state index is 12.1. The summed E-state index contributed by atoms with van der Waals surface area (Å²) >= 11 is 6.17. The number of methoxy groups -OCH3 is 1. The smallest absolute Gasteiger partial charge is 0.407 e. The number of rotatable bonds is 9. The highest BCUT2D eigenvalue weighted by Crippen LogP contribution is 2.22. The van der Waals surface area contributed by atoms with E-state index in [1.165, 1.54) is 7.11 Å². The summed E-state index contributed by atoms with van der Waals surface area (Å²) in [7, 11) is 1.53. The van der Waals surface area contributed by atoms with Crippen LogP contribution in [0.3, 0.4) is 0 Å². The first-order valence-electron chi connectivity index (χ1n) is 8.07. The van der Waals surface area contributed by atoms with Gasteiger partial charge in [0.25, 0.3) is 0 Å². The lowest BCUT2D eigenvalue weighted by Gasteiger charge is -2.26. The minimum atomic E-state index is -0.550. The van der Waals surface area contributed by atoms with Crippen LogP contribution in [0.2, 0.25) is 0 Å². The lowest BCUT2D eigenvalue weighted by atomic mass is 10.0. The molecule has 1 aromatic carbocycles. The quantitative estimate of drug-likeness (QED) is 0.519. The fourth-order valence-electron chi connectivity index (χ4n) is 2.25. The van der Waals surface area contributed by atoms with Crippen molar-refractivity contribution in [3.8, 4) is 0 Å². The van der Waals surface area contributed by atoms with Crippen LogP contribution >= 0.6 is 11.6 Å². The van der Waals surface area contributed by atoms with Crippen molar-refractivity contribution >= 4 is 17.7 Å². The summed E-state index contributed by atoms with van der Waals surface area (Å²) in [5.74, 6) is 0. The van der Waals surface area contributed by atoms with Gasteiger partial charge in [0.15, 0.2) is 0 Å². The molecule has 1 amide bonds. The Bertz CT molecular complexity index is 582. The van der Waals surface area contributed by atoms with Crippen LogP contribution in [0.5, 0.6) is 0 Å². The molecule has 0 spiro atoms. The fraction of sp³-hybridized carbons (Fsp3) is 0.421. The van der Waals surface area contributed by atoms with Crippen molar-refractivity contribution in [1.29, 1.82) is 0 Å². The van der Waals surface area contributed by atoms with Gasteiger partial charge in [-0.15, -0.1) is 0 Å². The number of nitrogens with one attached hydrogen (secondary N) is 1. The highest BCUT2D eigenvalue weighted by atomic mass is 35.5. The van der Waals surface area contributed by atoms with E-state index in [-0.39, 0.29) is 6.79 Å². The molecule has 2 unspecified atom stereocenters. The number of alkyl carbamates (subject to hydrolysis) is 1. The third-order valence-electron chi connectivity index (χ3n) is 3.41. The van der Waals surface area contributed by atoms with Gasteiger partial charge in [0.2, 0.25) is 0 Å². The van der Waals surface area contributed by atoms with Crippen molar-refractivity contribution in [2.24, 2.45) is 0 Å². The van der Waals surface area contributed by atoms with Gasteiger partial charge in [0.05, 0.1) is 0 Å². The lowest BCUT2D eigenvalue weighted by molar-refractivity contribution is -0.0939. The molecule has 0 heterocycles. The maximum Gasteiger partial charge on any atom is 0.407 e. The van der Waals surface area contributed by atoms with Crippen molar-refractivity contribution in [3.63, 3.8) is 0 Å². The second-order valence-electron chi connectivity index (χ2n) is 5.43. The summed E-state index contributed by atoms with van der Waals surface area (Å²) in [5, 5.41) is 3.29. The van der Waals surface area contributed by atoms with Crippen LogP contribution in [-0.2, 0) is 20.8 Å². The molecular formula is C19H26ClNO4. The van der Waals surface area contributed by atoms with Crippen LogP contribution in [0, 0.1) is 0 Å². The first-order valence-corrected chi connectivity index (χ1v) is 8.45. The molecule has 0 radical (unpaired) electrons. The summed E-state index contributed by atoms with van der Waals surface area (Å²) in [6.45, 7) is 5.86. The van der Waals surface area contributed by atoms with Gasteiger partial charge in [0.1, 0.15) is 19.0 Å². The number of amides is 1. The van der Waals surface area contributed by atoms with Gasteiger partial charge in [0, 0.05) is 18.7 Å². The number of hydrogen-bond donors (Lipinski definition) is 1. The SMILES string of the molecule is CC=CC(=C(C)Cl)C(OCOC)C(C)OC(=O)NCc1ccccc1. The Morgan fingerprint density at radius 1 is 1.32 bits per heavy atom. The molecule has 0 aromatic heterocycles. The molecule has 2 atom stereocenters. The first kappa shape index (κ1) is 21.2. The molecular weight excluding hydrogens is 342 g/mol. The van der Waals surface area contributed by atoms with Gasteiger partial charge < -0.3 is 19.5 Å². The standard InChI is InChI=1S/C19H26ClNO4/c1-5-9-17(14(2)20)18(24-13-23-4)15(3)25-19(22)21-12-16-10-7-6-8-11-16/h5-11,15,18H,12-13H2,1-4H3,(H,21,22). The van der Waals surface area contributed by atoms with E-state index in [4.69, 9.17) is 25.8 Å². The largest absolute Gasteiger partial charge is 0.443 e. The van der Waals surface area contributed by atoms with Crippen molar-refractivity contribution in [1.82, 2.24) is 5.32 Å². The summed E-state index contributed by atoms with van der Waals surface area (Å²) in [4.78, 5) is 12.1. The predicted octanol–water partition coefficient (Wildman–Crippen LogP) is 4.38. The normalized spacial score (nSPS) is 14.8. The molecule has 0 fully saturated rings. The Labute approximate surface area is 154 Å². The van der Waals surface area contributed by atoms with E-state index in [2.05, 4.69) is 5.32 Å². The molecule has 6 heteroatoms. The number of allylic oxidation sites excluding steroid dienone is 2. The fourth-order valence-corrected chi connectivity index (χ4v) is 2.42. The number of halogens is 1. The summed E-state index contributed by atoms with van der Waals surface area (Å²) < 4.78 is 16.1. The highest BCUT2D eigenvalue weighted by Gasteiger charge is 2.26. The van der Waals surface area contributed by atoms with Gasteiger partial charge in [-0.3, -0.25) is 0 Å². The minimum Gasteiger partial charge on any atom is -0.443 e. The van der Waals surface area contributed by atoms with Crippen molar-refractivity contribution in [2.45, 2.75) is 39.5 Å². The number of hydrogen-bond acceptors (Lipinski definition) is 4. The second kappa shape index (κ2) is 11.7. The number of carbonyl (C=O) groups excluding carboxylic acids is 1. The van der Waals surface area contributed by atoms with Gasteiger partial charge in [-0.1, -0.05) is 54.1 Å². The molecule has 0 aliphatic rings. The first-order chi connectivity index (χ1) is 12.0. The van der Waals surface area contributed by atoms with Crippen LogP contribution in [0.1, 0.15) is 26.3 Å².